The summed E-state index contributed by atoms with van der Waals surface area (Å²) in [6.45, 7) is 6.02. The topological polar surface area (TPSA) is 74.8 Å². The lowest BCUT2D eigenvalue weighted by Crippen LogP contribution is -2.56. The number of pyridine rings is 1. The average Bonchev–Trinajstić information content (AvgIpc) is 2.76. The third-order valence-electron chi connectivity index (χ3n) is 5.25. The molecule has 0 radical (unpaired) electrons. The maximum atomic E-state index is 13.2. The monoisotopic (exact) mass is 464 g/mol. The van der Waals surface area contributed by atoms with Gasteiger partial charge in [0.25, 0.3) is 5.91 Å². The zero-order valence-electron chi connectivity index (χ0n) is 17.8. The highest BCUT2D eigenvalue weighted by Gasteiger charge is 2.32. The quantitative estimate of drug-likeness (QED) is 0.707. The van der Waals surface area contributed by atoms with Crippen LogP contribution in [0.3, 0.4) is 0 Å². The number of nitrogens with zero attached hydrogens (tertiary/aromatic N) is 3. The summed E-state index contributed by atoms with van der Waals surface area (Å²) >= 11 is 12.2. The fourth-order valence-corrected chi connectivity index (χ4v) is 4.04. The third-order valence-corrected chi connectivity index (χ3v) is 5.74. The Hall–Kier alpha value is -2.51. The van der Waals surface area contributed by atoms with Gasteiger partial charge in [0.1, 0.15) is 17.6 Å². The van der Waals surface area contributed by atoms with Crippen LogP contribution in [0, 0.1) is 5.92 Å². The molecular formula is C22H26Cl2N4O3. The molecule has 1 aromatic carbocycles. The lowest BCUT2D eigenvalue weighted by molar-refractivity contribution is -0.134. The Morgan fingerprint density at radius 3 is 2.42 bits per heavy atom. The second-order valence-electron chi connectivity index (χ2n) is 7.67. The van der Waals surface area contributed by atoms with Crippen LogP contribution in [-0.4, -0.2) is 61.0 Å². The summed E-state index contributed by atoms with van der Waals surface area (Å²) in [6.07, 6.45) is 1.56. The fraction of sp³-hybridized carbons (Fsp3) is 0.409. The van der Waals surface area contributed by atoms with E-state index < -0.39 is 6.04 Å². The van der Waals surface area contributed by atoms with Gasteiger partial charge in [-0.3, -0.25) is 9.59 Å². The standard InChI is InChI=1S/C22H26Cl2N4O3/c1-14(2)19(26-21(29)16-6-4-5-7-18(16)31-3)22(30)28-10-8-27(9-11-28)20-17(24)12-15(23)13-25-20/h4-7,12-14,19H,8-11H2,1-3H3,(H,26,29). The second-order valence-corrected chi connectivity index (χ2v) is 8.51. The highest BCUT2D eigenvalue weighted by molar-refractivity contribution is 6.36. The summed E-state index contributed by atoms with van der Waals surface area (Å²) in [4.78, 5) is 34.2. The number of aromatic nitrogens is 1. The van der Waals surface area contributed by atoms with Gasteiger partial charge in [0.05, 0.1) is 22.7 Å². The van der Waals surface area contributed by atoms with E-state index in [0.29, 0.717) is 53.4 Å². The van der Waals surface area contributed by atoms with Gasteiger partial charge in [0, 0.05) is 32.4 Å². The zero-order chi connectivity index (χ0) is 22.5. The number of rotatable bonds is 6. The molecule has 0 saturated carbocycles. The molecular weight excluding hydrogens is 439 g/mol. The first-order valence-corrected chi connectivity index (χ1v) is 10.9. The van der Waals surface area contributed by atoms with Crippen LogP contribution in [0.2, 0.25) is 10.0 Å². The van der Waals surface area contributed by atoms with Crippen LogP contribution in [-0.2, 0) is 4.79 Å². The predicted octanol–water partition coefficient (Wildman–Crippen LogP) is 3.50. The first kappa shape index (κ1) is 23.2. The summed E-state index contributed by atoms with van der Waals surface area (Å²) in [7, 11) is 1.51. The number of hydrogen-bond donors (Lipinski definition) is 1. The largest absolute Gasteiger partial charge is 0.496 e. The Labute approximate surface area is 192 Å². The molecule has 3 rings (SSSR count). The number of amides is 2. The average molecular weight is 465 g/mol. The van der Waals surface area contributed by atoms with Gasteiger partial charge in [-0.15, -0.1) is 0 Å². The zero-order valence-corrected chi connectivity index (χ0v) is 19.3. The van der Waals surface area contributed by atoms with E-state index in [-0.39, 0.29) is 17.7 Å². The predicted molar refractivity (Wildman–Crippen MR) is 122 cm³/mol. The second kappa shape index (κ2) is 10.2. The van der Waals surface area contributed by atoms with Crippen LogP contribution in [0.5, 0.6) is 5.75 Å². The smallest absolute Gasteiger partial charge is 0.255 e. The Bertz CT molecular complexity index is 946. The van der Waals surface area contributed by atoms with Gasteiger partial charge < -0.3 is 19.9 Å². The Balaban J connectivity index is 1.66. The molecule has 7 nitrogen and oxygen atoms in total. The van der Waals surface area contributed by atoms with Crippen LogP contribution >= 0.6 is 23.2 Å². The lowest BCUT2D eigenvalue weighted by atomic mass is 10.0. The van der Waals surface area contributed by atoms with Crippen LogP contribution in [0.1, 0.15) is 24.2 Å². The number of nitrogens with one attached hydrogen (secondary N) is 1. The highest BCUT2D eigenvalue weighted by Crippen LogP contribution is 2.27. The normalized spacial score (nSPS) is 15.0. The molecule has 0 spiro atoms. The van der Waals surface area contributed by atoms with Crippen molar-refractivity contribution >= 4 is 40.8 Å². The van der Waals surface area contributed by atoms with E-state index in [2.05, 4.69) is 10.3 Å². The molecule has 0 aliphatic carbocycles. The molecule has 0 bridgehead atoms. The van der Waals surface area contributed by atoms with Crippen molar-refractivity contribution in [2.24, 2.45) is 5.92 Å². The molecule has 9 heteroatoms. The van der Waals surface area contributed by atoms with Crippen molar-refractivity contribution < 1.29 is 14.3 Å². The Morgan fingerprint density at radius 1 is 1.13 bits per heavy atom. The van der Waals surface area contributed by atoms with Gasteiger partial charge >= 0.3 is 0 Å². The maximum absolute atomic E-state index is 13.2. The van der Waals surface area contributed by atoms with E-state index in [9.17, 15) is 9.59 Å². The van der Waals surface area contributed by atoms with E-state index in [1.807, 2.05) is 18.7 Å². The van der Waals surface area contributed by atoms with Gasteiger partial charge in [0.2, 0.25) is 5.91 Å². The van der Waals surface area contributed by atoms with Crippen molar-refractivity contribution in [3.8, 4) is 5.75 Å². The molecule has 31 heavy (non-hydrogen) atoms. The van der Waals surface area contributed by atoms with E-state index in [1.54, 1.807) is 41.4 Å². The van der Waals surface area contributed by atoms with Gasteiger partial charge in [-0.2, -0.15) is 0 Å². The Morgan fingerprint density at radius 2 is 1.81 bits per heavy atom. The molecule has 2 amide bonds. The minimum atomic E-state index is -0.638. The van der Waals surface area contributed by atoms with Crippen molar-refractivity contribution in [1.29, 1.82) is 0 Å². The molecule has 1 saturated heterocycles. The van der Waals surface area contributed by atoms with Gasteiger partial charge in [-0.05, 0) is 24.1 Å². The summed E-state index contributed by atoms with van der Waals surface area (Å²) in [5.74, 6) is 0.615. The molecule has 1 N–H and O–H groups in total. The summed E-state index contributed by atoms with van der Waals surface area (Å²) in [5.41, 5.74) is 0.400. The van der Waals surface area contributed by atoms with Gasteiger partial charge in [0.15, 0.2) is 0 Å². The number of carbonyl (C=O) groups is 2. The van der Waals surface area contributed by atoms with Crippen LogP contribution in [0.15, 0.2) is 36.5 Å². The molecule has 1 atom stereocenters. The number of benzene rings is 1. The summed E-state index contributed by atoms with van der Waals surface area (Å²) < 4.78 is 5.27. The molecule has 1 aliphatic rings. The summed E-state index contributed by atoms with van der Waals surface area (Å²) in [5, 5.41) is 3.85. The number of hydrogen-bond acceptors (Lipinski definition) is 5. The minimum absolute atomic E-state index is 0.0726. The third kappa shape index (κ3) is 5.40. The van der Waals surface area contributed by atoms with Crippen molar-refractivity contribution in [1.82, 2.24) is 15.2 Å². The molecule has 1 fully saturated rings. The van der Waals surface area contributed by atoms with E-state index in [1.165, 1.54) is 7.11 Å². The Kier molecular flexibility index (Phi) is 7.62. The van der Waals surface area contributed by atoms with Crippen molar-refractivity contribution in [3.05, 3.63) is 52.1 Å². The molecule has 1 aliphatic heterocycles. The molecule has 1 aromatic heterocycles. The number of para-hydroxylation sites is 1. The van der Waals surface area contributed by atoms with Gasteiger partial charge in [-0.25, -0.2) is 4.98 Å². The van der Waals surface area contributed by atoms with Crippen LogP contribution in [0.25, 0.3) is 0 Å². The molecule has 1 unspecified atom stereocenters. The van der Waals surface area contributed by atoms with E-state index in [4.69, 9.17) is 27.9 Å². The number of piperazine rings is 1. The summed E-state index contributed by atoms with van der Waals surface area (Å²) in [6, 6.07) is 7.97. The minimum Gasteiger partial charge on any atom is -0.496 e. The number of anilines is 1. The maximum Gasteiger partial charge on any atom is 0.255 e. The molecule has 2 aromatic rings. The first-order valence-electron chi connectivity index (χ1n) is 10.1. The number of halogens is 2. The van der Waals surface area contributed by atoms with Crippen molar-refractivity contribution in [3.63, 3.8) is 0 Å². The highest BCUT2D eigenvalue weighted by atomic mass is 35.5. The van der Waals surface area contributed by atoms with Crippen molar-refractivity contribution in [2.75, 3.05) is 38.2 Å². The molecule has 2 heterocycles. The number of methoxy groups -OCH3 is 1. The van der Waals surface area contributed by atoms with Gasteiger partial charge in [-0.1, -0.05) is 49.2 Å². The van der Waals surface area contributed by atoms with E-state index >= 15 is 0 Å². The fourth-order valence-electron chi connectivity index (χ4n) is 3.54. The van der Waals surface area contributed by atoms with E-state index in [0.717, 1.165) is 0 Å². The number of ether oxygens (including phenoxy) is 1. The van der Waals surface area contributed by atoms with Crippen LogP contribution < -0.4 is 15.0 Å². The molecule has 166 valence electrons. The van der Waals surface area contributed by atoms with Crippen molar-refractivity contribution in [2.45, 2.75) is 19.9 Å². The lowest BCUT2D eigenvalue weighted by Gasteiger charge is -2.38. The first-order chi connectivity index (χ1) is 14.8. The van der Waals surface area contributed by atoms with Crippen LogP contribution in [0.4, 0.5) is 5.82 Å². The SMILES string of the molecule is COc1ccccc1C(=O)NC(C(=O)N1CCN(c2ncc(Cl)cc2Cl)CC1)C(C)C. The number of carbonyl (C=O) groups excluding carboxylic acids is 2.